The highest BCUT2D eigenvalue weighted by molar-refractivity contribution is 7.16. The van der Waals surface area contributed by atoms with Gasteiger partial charge in [-0.3, -0.25) is 4.79 Å². The normalized spacial score (nSPS) is 26.0. The number of nitrogens with one attached hydrogen (secondary N) is 1. The third kappa shape index (κ3) is 3.34. The van der Waals surface area contributed by atoms with Crippen LogP contribution in [0.1, 0.15) is 49.5 Å². The molecule has 0 radical (unpaired) electrons. The number of carbonyl (C=O) groups excluding carboxylic acids is 2. The molecule has 2 bridgehead atoms. The molecular formula is C22H25N2O3S-. The smallest absolute Gasteiger partial charge is 0.230 e. The molecule has 4 atom stereocenters. The summed E-state index contributed by atoms with van der Waals surface area (Å²) in [6.45, 7) is 6.30. The van der Waals surface area contributed by atoms with Crippen LogP contribution >= 0.6 is 11.3 Å². The van der Waals surface area contributed by atoms with Gasteiger partial charge in [-0.25, -0.2) is 4.98 Å². The van der Waals surface area contributed by atoms with Gasteiger partial charge in [-0.2, -0.15) is 0 Å². The van der Waals surface area contributed by atoms with Crippen LogP contribution in [0.25, 0.3) is 11.3 Å². The number of carbonyl (C=O) groups is 2. The molecule has 1 amide bonds. The minimum Gasteiger partial charge on any atom is -0.550 e. The average molecular weight is 398 g/mol. The summed E-state index contributed by atoms with van der Waals surface area (Å²) in [5.41, 5.74) is 3.15. The topological polar surface area (TPSA) is 82.1 Å². The number of amides is 1. The zero-order valence-electron chi connectivity index (χ0n) is 16.4. The molecule has 2 fully saturated rings. The SMILES string of the molecule is Cc1sc(NC(=O)[C@@H]2[C@@H]3CC[C@@H](C3)[C@@H]2C(=O)[O-])nc1-c1ccc(C(C)C)cc1. The maximum Gasteiger partial charge on any atom is 0.230 e. The monoisotopic (exact) mass is 397 g/mol. The van der Waals surface area contributed by atoms with Crippen LogP contribution in [-0.4, -0.2) is 16.9 Å². The maximum atomic E-state index is 12.9. The van der Waals surface area contributed by atoms with Gasteiger partial charge in [-0.05, 0) is 49.5 Å². The highest BCUT2D eigenvalue weighted by atomic mass is 32.1. The third-order valence-corrected chi connectivity index (χ3v) is 7.26. The van der Waals surface area contributed by atoms with Gasteiger partial charge in [0.15, 0.2) is 5.13 Å². The van der Waals surface area contributed by atoms with Crippen LogP contribution in [0.2, 0.25) is 0 Å². The minimum atomic E-state index is -1.09. The van der Waals surface area contributed by atoms with Crippen LogP contribution in [0.15, 0.2) is 24.3 Å². The molecule has 0 unspecified atom stereocenters. The highest BCUT2D eigenvalue weighted by Crippen LogP contribution is 2.52. The number of carboxylic acid groups (broad SMARTS) is 1. The van der Waals surface area contributed by atoms with Gasteiger partial charge in [-0.15, -0.1) is 11.3 Å². The molecule has 0 saturated heterocycles. The molecule has 1 N–H and O–H groups in total. The number of fused-ring (bicyclic) bond motifs is 2. The minimum absolute atomic E-state index is 0.0822. The van der Waals surface area contributed by atoms with Crippen molar-refractivity contribution in [2.45, 2.75) is 46.0 Å². The Morgan fingerprint density at radius 3 is 2.39 bits per heavy atom. The Hall–Kier alpha value is -2.21. The number of anilines is 1. The van der Waals surface area contributed by atoms with Crippen LogP contribution in [0.5, 0.6) is 0 Å². The first-order valence-corrected chi connectivity index (χ1v) is 10.8. The van der Waals surface area contributed by atoms with E-state index in [1.807, 2.05) is 6.92 Å². The Kier molecular flexibility index (Phi) is 5.00. The molecule has 4 rings (SSSR count). The van der Waals surface area contributed by atoms with Gasteiger partial charge in [0, 0.05) is 28.2 Å². The lowest BCUT2D eigenvalue weighted by atomic mass is 9.79. The van der Waals surface area contributed by atoms with Crippen molar-refractivity contribution < 1.29 is 14.7 Å². The number of aromatic nitrogens is 1. The number of carboxylic acids is 1. The fourth-order valence-electron chi connectivity index (χ4n) is 4.94. The van der Waals surface area contributed by atoms with E-state index in [-0.39, 0.29) is 17.7 Å². The van der Waals surface area contributed by atoms with Crippen molar-refractivity contribution in [3.8, 4) is 11.3 Å². The zero-order valence-corrected chi connectivity index (χ0v) is 17.2. The number of rotatable bonds is 5. The van der Waals surface area contributed by atoms with Gasteiger partial charge in [0.25, 0.3) is 0 Å². The molecule has 0 spiro atoms. The van der Waals surface area contributed by atoms with Gasteiger partial charge >= 0.3 is 0 Å². The van der Waals surface area contributed by atoms with E-state index in [1.54, 1.807) is 0 Å². The quantitative estimate of drug-likeness (QED) is 0.836. The average Bonchev–Trinajstić information content (AvgIpc) is 3.35. The fourth-order valence-corrected chi connectivity index (χ4v) is 5.78. The molecule has 1 aromatic heterocycles. The van der Waals surface area contributed by atoms with Crippen molar-refractivity contribution in [3.63, 3.8) is 0 Å². The molecule has 5 nitrogen and oxygen atoms in total. The van der Waals surface area contributed by atoms with Crippen molar-refractivity contribution in [1.82, 2.24) is 4.98 Å². The first-order chi connectivity index (χ1) is 13.3. The van der Waals surface area contributed by atoms with E-state index in [1.165, 1.54) is 16.9 Å². The molecule has 1 heterocycles. The number of hydrogen-bond donors (Lipinski definition) is 1. The van der Waals surface area contributed by atoms with E-state index < -0.39 is 17.8 Å². The Balaban J connectivity index is 1.52. The van der Waals surface area contributed by atoms with E-state index in [4.69, 9.17) is 0 Å². The summed E-state index contributed by atoms with van der Waals surface area (Å²) in [7, 11) is 0. The van der Waals surface area contributed by atoms with E-state index in [9.17, 15) is 14.7 Å². The van der Waals surface area contributed by atoms with Crippen molar-refractivity contribution in [2.75, 3.05) is 5.32 Å². The molecule has 28 heavy (non-hydrogen) atoms. The third-order valence-electron chi connectivity index (χ3n) is 6.37. The van der Waals surface area contributed by atoms with Crippen LogP contribution in [0.3, 0.4) is 0 Å². The lowest BCUT2D eigenvalue weighted by Crippen LogP contribution is -2.43. The Morgan fingerprint density at radius 1 is 1.14 bits per heavy atom. The van der Waals surface area contributed by atoms with Crippen molar-refractivity contribution in [2.24, 2.45) is 23.7 Å². The van der Waals surface area contributed by atoms with Gasteiger partial charge < -0.3 is 15.2 Å². The summed E-state index contributed by atoms with van der Waals surface area (Å²) in [5, 5.41) is 15.0. The zero-order chi connectivity index (χ0) is 20.0. The fraction of sp³-hybridized carbons (Fsp3) is 0.500. The van der Waals surface area contributed by atoms with Crippen molar-refractivity contribution >= 4 is 28.3 Å². The van der Waals surface area contributed by atoms with E-state index in [2.05, 4.69) is 48.4 Å². The summed E-state index contributed by atoms with van der Waals surface area (Å²) in [4.78, 5) is 30.1. The van der Waals surface area contributed by atoms with Crippen molar-refractivity contribution in [1.29, 1.82) is 0 Å². The molecule has 2 aliphatic rings. The van der Waals surface area contributed by atoms with Crippen molar-refractivity contribution in [3.05, 3.63) is 34.7 Å². The Morgan fingerprint density at radius 2 is 1.79 bits per heavy atom. The lowest BCUT2D eigenvalue weighted by molar-refractivity contribution is -0.314. The lowest BCUT2D eigenvalue weighted by Gasteiger charge is -2.30. The molecule has 2 aromatic rings. The molecule has 6 heteroatoms. The van der Waals surface area contributed by atoms with E-state index in [0.29, 0.717) is 11.0 Å². The number of aliphatic carboxylic acids is 1. The number of nitrogens with zero attached hydrogens (tertiary/aromatic N) is 1. The standard InChI is InChI=1S/C22H26N2O3S/c1-11(2)13-4-6-14(7-5-13)19-12(3)28-22(23-19)24-20(25)17-15-8-9-16(10-15)18(17)21(26)27/h4-7,11,15-18H,8-10H2,1-3H3,(H,26,27)(H,23,24,25)/p-1/t15-,16+,17-,18+/m1/s1. The van der Waals surface area contributed by atoms with Gasteiger partial charge in [-0.1, -0.05) is 38.1 Å². The molecule has 2 saturated carbocycles. The molecular weight excluding hydrogens is 372 g/mol. The first-order valence-electron chi connectivity index (χ1n) is 9.94. The highest BCUT2D eigenvalue weighted by Gasteiger charge is 2.51. The molecule has 0 aliphatic heterocycles. The number of aryl methyl sites for hydroxylation is 1. The predicted molar refractivity (Wildman–Crippen MR) is 108 cm³/mol. The summed E-state index contributed by atoms with van der Waals surface area (Å²) in [6, 6.07) is 8.34. The summed E-state index contributed by atoms with van der Waals surface area (Å²) in [5.74, 6) is -1.77. The van der Waals surface area contributed by atoms with Gasteiger partial charge in [0.1, 0.15) is 0 Å². The first kappa shape index (κ1) is 19.1. The second-order valence-electron chi connectivity index (χ2n) is 8.39. The van der Waals surface area contributed by atoms with Crippen LogP contribution in [0, 0.1) is 30.6 Å². The predicted octanol–water partition coefficient (Wildman–Crippen LogP) is 3.59. The number of thiazole rings is 1. The van der Waals surface area contributed by atoms with E-state index >= 15 is 0 Å². The Labute approximate surface area is 169 Å². The summed E-state index contributed by atoms with van der Waals surface area (Å²) < 4.78 is 0. The number of benzene rings is 1. The summed E-state index contributed by atoms with van der Waals surface area (Å²) in [6.07, 6.45) is 2.64. The Bertz CT molecular complexity index is 903. The van der Waals surface area contributed by atoms with Crippen LogP contribution in [0.4, 0.5) is 5.13 Å². The molecule has 148 valence electrons. The maximum absolute atomic E-state index is 12.9. The molecule has 2 aliphatic carbocycles. The van der Waals surface area contributed by atoms with Crippen LogP contribution < -0.4 is 10.4 Å². The molecule has 1 aromatic carbocycles. The van der Waals surface area contributed by atoms with Gasteiger partial charge in [0.05, 0.1) is 5.69 Å². The number of hydrogen-bond acceptors (Lipinski definition) is 5. The largest absolute Gasteiger partial charge is 0.550 e. The second-order valence-corrected chi connectivity index (χ2v) is 9.60. The van der Waals surface area contributed by atoms with E-state index in [0.717, 1.165) is 35.4 Å². The summed E-state index contributed by atoms with van der Waals surface area (Å²) >= 11 is 1.43. The van der Waals surface area contributed by atoms with Crippen LogP contribution in [-0.2, 0) is 9.59 Å². The second kappa shape index (κ2) is 7.32. The van der Waals surface area contributed by atoms with Gasteiger partial charge in [0.2, 0.25) is 5.91 Å².